The van der Waals surface area contributed by atoms with Gasteiger partial charge in [0, 0.05) is 37.6 Å². The van der Waals surface area contributed by atoms with Crippen LogP contribution in [0.4, 0.5) is 5.69 Å². The highest BCUT2D eigenvalue weighted by Crippen LogP contribution is 2.31. The average molecular weight is 340 g/mol. The molecule has 3 saturated heterocycles. The molecule has 0 aromatic carbocycles. The summed E-state index contributed by atoms with van der Waals surface area (Å²) >= 11 is 0. The number of nitrogens with zero attached hydrogens (tertiary/aromatic N) is 3. The molecule has 3 aliphatic rings. The highest BCUT2D eigenvalue weighted by molar-refractivity contribution is 5.99. The van der Waals surface area contributed by atoms with Gasteiger partial charge in [-0.1, -0.05) is 0 Å². The van der Waals surface area contributed by atoms with Crippen LogP contribution in [0.3, 0.4) is 0 Å². The van der Waals surface area contributed by atoms with Crippen molar-refractivity contribution in [3.05, 3.63) is 24.2 Å². The van der Waals surface area contributed by atoms with Crippen molar-refractivity contribution >= 4 is 22.6 Å². The second kappa shape index (κ2) is 6.02. The second-order valence-corrected chi connectivity index (χ2v) is 7.70. The Morgan fingerprint density at radius 1 is 1.24 bits per heavy atom. The monoisotopic (exact) mass is 340 g/mol. The molecule has 1 amide bonds. The zero-order valence-corrected chi connectivity index (χ0v) is 14.4. The zero-order valence-electron chi connectivity index (χ0n) is 14.4. The third kappa shape index (κ3) is 2.78. The maximum Gasteiger partial charge on any atom is 0.270 e. The quantitative estimate of drug-likeness (QED) is 0.929. The largest absolute Gasteiger partial charge is 0.460 e. The van der Waals surface area contributed by atoms with Crippen LogP contribution in [0.2, 0.25) is 0 Å². The van der Waals surface area contributed by atoms with Crippen LogP contribution >= 0.6 is 0 Å². The van der Waals surface area contributed by atoms with E-state index < -0.39 is 0 Å². The molecule has 3 aliphatic heterocycles. The van der Waals surface area contributed by atoms with E-state index in [1.807, 2.05) is 6.07 Å². The molecule has 0 aliphatic carbocycles. The number of pyridine rings is 1. The Morgan fingerprint density at radius 2 is 2.12 bits per heavy atom. The molecule has 5 rings (SSSR count). The lowest BCUT2D eigenvalue weighted by Gasteiger charge is -2.30. The molecule has 0 radical (unpaired) electrons. The van der Waals surface area contributed by atoms with Crippen molar-refractivity contribution in [2.45, 2.75) is 31.7 Å². The molecular formula is C19H24N4O2. The van der Waals surface area contributed by atoms with Crippen molar-refractivity contribution in [3.8, 4) is 0 Å². The van der Waals surface area contributed by atoms with Crippen LogP contribution in [0, 0.1) is 5.92 Å². The van der Waals surface area contributed by atoms with E-state index in [-0.39, 0.29) is 11.9 Å². The van der Waals surface area contributed by atoms with E-state index in [0.717, 1.165) is 48.6 Å². The summed E-state index contributed by atoms with van der Waals surface area (Å²) in [5.41, 5.74) is 2.33. The van der Waals surface area contributed by atoms with E-state index in [0.29, 0.717) is 5.69 Å². The first-order valence-corrected chi connectivity index (χ1v) is 9.42. The lowest BCUT2D eigenvalue weighted by molar-refractivity contribution is 0.0904. The fourth-order valence-corrected chi connectivity index (χ4v) is 4.67. The van der Waals surface area contributed by atoms with Gasteiger partial charge in [-0.05, 0) is 44.2 Å². The van der Waals surface area contributed by atoms with Crippen LogP contribution in [0.15, 0.2) is 22.9 Å². The summed E-state index contributed by atoms with van der Waals surface area (Å²) in [7, 11) is 0. The molecule has 5 heterocycles. The smallest absolute Gasteiger partial charge is 0.270 e. The summed E-state index contributed by atoms with van der Waals surface area (Å²) in [4.78, 5) is 21.8. The number of anilines is 1. The lowest BCUT2D eigenvalue weighted by Crippen LogP contribution is -2.47. The number of furan rings is 1. The normalized spacial score (nSPS) is 28.6. The Kier molecular flexibility index (Phi) is 3.66. The molecule has 132 valence electrons. The van der Waals surface area contributed by atoms with Gasteiger partial charge in [0.2, 0.25) is 0 Å². The summed E-state index contributed by atoms with van der Waals surface area (Å²) in [5.74, 6) is 0.674. The van der Waals surface area contributed by atoms with Gasteiger partial charge in [-0.2, -0.15) is 0 Å². The van der Waals surface area contributed by atoms with E-state index in [2.05, 4.69) is 20.1 Å². The van der Waals surface area contributed by atoms with E-state index in [4.69, 9.17) is 4.42 Å². The minimum atomic E-state index is -0.0667. The van der Waals surface area contributed by atoms with Crippen LogP contribution in [-0.2, 0) is 0 Å². The third-order valence-corrected chi connectivity index (χ3v) is 5.92. The topological polar surface area (TPSA) is 61.6 Å². The maximum atomic E-state index is 12.7. The highest BCUT2D eigenvalue weighted by atomic mass is 16.3. The lowest BCUT2D eigenvalue weighted by atomic mass is 9.97. The Hall–Kier alpha value is -2.08. The first kappa shape index (κ1) is 15.2. The number of rotatable bonds is 3. The zero-order chi connectivity index (χ0) is 16.8. The minimum Gasteiger partial charge on any atom is -0.460 e. The van der Waals surface area contributed by atoms with Crippen LogP contribution in [0.5, 0.6) is 0 Å². The van der Waals surface area contributed by atoms with Crippen molar-refractivity contribution < 1.29 is 9.21 Å². The molecule has 3 unspecified atom stereocenters. The summed E-state index contributed by atoms with van der Waals surface area (Å²) in [6.07, 6.45) is 8.26. The molecule has 6 nitrogen and oxygen atoms in total. The average Bonchev–Trinajstić information content (AvgIpc) is 3.34. The Balaban J connectivity index is 1.36. The van der Waals surface area contributed by atoms with E-state index in [1.54, 1.807) is 12.5 Å². The number of carbonyl (C=O) groups excluding carboxylic acids is 1. The van der Waals surface area contributed by atoms with Crippen LogP contribution in [-0.4, -0.2) is 54.6 Å². The second-order valence-electron chi connectivity index (χ2n) is 7.70. The molecule has 3 atom stereocenters. The third-order valence-electron chi connectivity index (χ3n) is 5.92. The van der Waals surface area contributed by atoms with E-state index >= 15 is 0 Å². The molecular weight excluding hydrogens is 316 g/mol. The van der Waals surface area contributed by atoms with Gasteiger partial charge in [-0.3, -0.25) is 4.79 Å². The first-order valence-electron chi connectivity index (χ1n) is 9.42. The predicted octanol–water partition coefficient (Wildman–Crippen LogP) is 2.25. The first-order chi connectivity index (χ1) is 12.3. The van der Waals surface area contributed by atoms with Crippen LogP contribution in [0.1, 0.15) is 36.2 Å². The fraction of sp³-hybridized carbons (Fsp3) is 0.579. The predicted molar refractivity (Wildman–Crippen MR) is 95.9 cm³/mol. The minimum absolute atomic E-state index is 0.0667. The van der Waals surface area contributed by atoms with Crippen LogP contribution in [0.25, 0.3) is 11.0 Å². The van der Waals surface area contributed by atoms with Crippen molar-refractivity contribution in [2.24, 2.45) is 5.92 Å². The summed E-state index contributed by atoms with van der Waals surface area (Å²) < 4.78 is 5.64. The Morgan fingerprint density at radius 3 is 2.96 bits per heavy atom. The molecule has 0 spiro atoms. The number of hydrogen-bond donors (Lipinski definition) is 1. The number of hydrogen-bond acceptors (Lipinski definition) is 5. The Labute approximate surface area is 147 Å². The molecule has 0 saturated carbocycles. The fourth-order valence-electron chi connectivity index (χ4n) is 4.67. The van der Waals surface area contributed by atoms with Gasteiger partial charge in [0.05, 0.1) is 11.9 Å². The number of carbonyl (C=O) groups is 1. The summed E-state index contributed by atoms with van der Waals surface area (Å²) in [6, 6.07) is 2.13. The van der Waals surface area contributed by atoms with Crippen LogP contribution < -0.4 is 10.2 Å². The van der Waals surface area contributed by atoms with Crippen molar-refractivity contribution in [1.29, 1.82) is 0 Å². The van der Waals surface area contributed by atoms with E-state index in [9.17, 15) is 4.79 Å². The van der Waals surface area contributed by atoms with Gasteiger partial charge in [0.1, 0.15) is 12.0 Å². The van der Waals surface area contributed by atoms with Gasteiger partial charge in [0.25, 0.3) is 5.91 Å². The van der Waals surface area contributed by atoms with Crippen molar-refractivity contribution in [2.75, 3.05) is 37.6 Å². The molecule has 2 aromatic rings. The molecule has 2 bridgehead atoms. The number of aromatic nitrogens is 1. The number of piperidine rings is 1. The molecule has 25 heavy (non-hydrogen) atoms. The molecule has 6 heteroatoms. The van der Waals surface area contributed by atoms with Gasteiger partial charge < -0.3 is 19.5 Å². The summed E-state index contributed by atoms with van der Waals surface area (Å²) in [5, 5.41) is 4.19. The number of amides is 1. The molecule has 3 fully saturated rings. The van der Waals surface area contributed by atoms with Crippen molar-refractivity contribution in [3.63, 3.8) is 0 Å². The van der Waals surface area contributed by atoms with Gasteiger partial charge in [-0.15, -0.1) is 0 Å². The van der Waals surface area contributed by atoms with Gasteiger partial charge in [-0.25, -0.2) is 4.98 Å². The number of nitrogens with one attached hydrogen (secondary N) is 1. The highest BCUT2D eigenvalue weighted by Gasteiger charge is 2.33. The maximum absolute atomic E-state index is 12.7. The Bertz CT molecular complexity index is 784. The summed E-state index contributed by atoms with van der Waals surface area (Å²) in [6.45, 7) is 5.45. The van der Waals surface area contributed by atoms with Crippen molar-refractivity contribution in [1.82, 2.24) is 15.2 Å². The van der Waals surface area contributed by atoms with E-state index in [1.165, 1.54) is 32.4 Å². The molecule has 1 N–H and O–H groups in total. The van der Waals surface area contributed by atoms with Gasteiger partial charge >= 0.3 is 0 Å². The molecule has 2 aromatic heterocycles. The number of fused-ring (bicyclic) bond motifs is 3. The van der Waals surface area contributed by atoms with Gasteiger partial charge in [0.15, 0.2) is 5.58 Å². The standard InChI is InChI=1S/C19H24N4O2/c24-19(21-14-7-13-3-6-22(10-13)11-14)16-8-15-17(23-4-1-2-5-23)12-25-18(15)9-20-16/h8-9,12-14H,1-7,10-11H2,(H,21,24). The SMILES string of the molecule is O=C(NC1CC2CCN(C2)C1)c1cc2c(N3CCCC3)coc2cn1.